The van der Waals surface area contributed by atoms with E-state index in [1.54, 1.807) is 11.8 Å². The van der Waals surface area contributed by atoms with Crippen LogP contribution in [0.15, 0.2) is 0 Å². The van der Waals surface area contributed by atoms with Crippen molar-refractivity contribution in [3.8, 4) is 0 Å². The summed E-state index contributed by atoms with van der Waals surface area (Å²) in [5, 5.41) is 0. The van der Waals surface area contributed by atoms with E-state index in [0.717, 1.165) is 13.1 Å². The van der Waals surface area contributed by atoms with Crippen LogP contribution in [0.3, 0.4) is 0 Å². The summed E-state index contributed by atoms with van der Waals surface area (Å²) in [6.07, 6.45) is -0.220. The maximum absolute atomic E-state index is 11.1. The van der Waals surface area contributed by atoms with E-state index in [1.807, 2.05) is 0 Å². The van der Waals surface area contributed by atoms with Gasteiger partial charge in [-0.05, 0) is 6.92 Å². The first kappa shape index (κ1) is 11.3. The lowest BCUT2D eigenvalue weighted by Gasteiger charge is -2.37. The number of amides is 1. The normalized spacial score (nSPS) is 16.6. The maximum atomic E-state index is 11.1. The molecule has 0 unspecified atom stereocenters. The van der Waals surface area contributed by atoms with Gasteiger partial charge >= 0.3 is 6.09 Å². The monoisotopic (exact) mass is 202 g/mol. The van der Waals surface area contributed by atoms with E-state index in [2.05, 4.69) is 0 Å². The second kappa shape index (κ2) is 5.82. The van der Waals surface area contributed by atoms with Gasteiger partial charge in [-0.3, -0.25) is 0 Å². The second-order valence-corrected chi connectivity index (χ2v) is 3.33. The van der Waals surface area contributed by atoms with Gasteiger partial charge in [-0.2, -0.15) is 0 Å². The Morgan fingerprint density at radius 1 is 1.57 bits per heavy atom. The van der Waals surface area contributed by atoms with Gasteiger partial charge in [0, 0.05) is 25.6 Å². The molecule has 1 amide bonds. The zero-order valence-electron chi connectivity index (χ0n) is 8.57. The lowest BCUT2D eigenvalue weighted by molar-refractivity contribution is 0.0122. The van der Waals surface area contributed by atoms with E-state index >= 15 is 0 Å². The molecular weight excluding hydrogens is 184 g/mol. The number of likely N-dealkylation sites (tertiary alicyclic amines) is 1. The standard InChI is InChI=1S/C9H18N2O3/c1-2-14-9(12)11-5-8(6-11)7-13-4-3-10/h8H,2-7,10H2,1H3. The van der Waals surface area contributed by atoms with Crippen molar-refractivity contribution in [3.05, 3.63) is 0 Å². The molecule has 1 aliphatic heterocycles. The zero-order valence-corrected chi connectivity index (χ0v) is 8.57. The highest BCUT2D eigenvalue weighted by Crippen LogP contribution is 2.16. The fourth-order valence-corrected chi connectivity index (χ4v) is 1.37. The number of hydrogen-bond donors (Lipinski definition) is 1. The predicted molar refractivity (Wildman–Crippen MR) is 52.0 cm³/mol. The SMILES string of the molecule is CCOC(=O)N1CC(COCCN)C1. The van der Waals surface area contributed by atoms with Gasteiger partial charge in [0.15, 0.2) is 0 Å². The quantitative estimate of drug-likeness (QED) is 0.640. The molecule has 0 saturated carbocycles. The molecule has 0 bridgehead atoms. The maximum Gasteiger partial charge on any atom is 0.409 e. The number of nitrogens with zero attached hydrogens (tertiary/aromatic N) is 1. The first-order chi connectivity index (χ1) is 6.77. The first-order valence-corrected chi connectivity index (χ1v) is 4.97. The predicted octanol–water partition coefficient (Wildman–Crippen LogP) is 0.0500. The Morgan fingerprint density at radius 2 is 2.29 bits per heavy atom. The molecule has 0 aromatic heterocycles. The Labute approximate surface area is 84.1 Å². The number of ether oxygens (including phenoxy) is 2. The Balaban J connectivity index is 2.02. The fraction of sp³-hybridized carbons (Fsp3) is 0.889. The molecule has 0 aliphatic carbocycles. The summed E-state index contributed by atoms with van der Waals surface area (Å²) < 4.78 is 10.1. The lowest BCUT2D eigenvalue weighted by Crippen LogP contribution is -2.51. The Bertz CT molecular complexity index is 181. The molecule has 0 radical (unpaired) electrons. The van der Waals surface area contributed by atoms with Crippen molar-refractivity contribution >= 4 is 6.09 Å². The average Bonchev–Trinajstić information content (AvgIpc) is 2.09. The minimum absolute atomic E-state index is 0.220. The highest BCUT2D eigenvalue weighted by atomic mass is 16.6. The van der Waals surface area contributed by atoms with Crippen molar-refractivity contribution in [1.29, 1.82) is 0 Å². The van der Waals surface area contributed by atoms with Crippen molar-refractivity contribution in [2.45, 2.75) is 6.92 Å². The van der Waals surface area contributed by atoms with Crippen molar-refractivity contribution in [3.63, 3.8) is 0 Å². The van der Waals surface area contributed by atoms with Gasteiger partial charge in [-0.25, -0.2) is 4.79 Å². The molecule has 0 aromatic rings. The molecule has 1 rings (SSSR count). The fourth-order valence-electron chi connectivity index (χ4n) is 1.37. The van der Waals surface area contributed by atoms with E-state index in [9.17, 15) is 4.79 Å². The number of nitrogens with two attached hydrogens (primary N) is 1. The summed E-state index contributed by atoms with van der Waals surface area (Å²) in [6, 6.07) is 0. The van der Waals surface area contributed by atoms with E-state index < -0.39 is 0 Å². The number of rotatable bonds is 5. The van der Waals surface area contributed by atoms with Crippen molar-refractivity contribution in [1.82, 2.24) is 4.90 Å². The molecule has 5 heteroatoms. The molecule has 0 aromatic carbocycles. The highest BCUT2D eigenvalue weighted by molar-refractivity contribution is 5.68. The van der Waals surface area contributed by atoms with Crippen LogP contribution < -0.4 is 5.73 Å². The van der Waals surface area contributed by atoms with Gasteiger partial charge in [0.05, 0.1) is 19.8 Å². The van der Waals surface area contributed by atoms with Crippen LogP contribution in [0.4, 0.5) is 4.79 Å². The third kappa shape index (κ3) is 3.16. The average molecular weight is 202 g/mol. The molecule has 1 saturated heterocycles. The molecule has 0 spiro atoms. The Morgan fingerprint density at radius 3 is 2.86 bits per heavy atom. The van der Waals surface area contributed by atoms with Crippen LogP contribution in [0.1, 0.15) is 6.92 Å². The minimum Gasteiger partial charge on any atom is -0.450 e. The van der Waals surface area contributed by atoms with Gasteiger partial charge in [-0.15, -0.1) is 0 Å². The molecule has 5 nitrogen and oxygen atoms in total. The Hall–Kier alpha value is -0.810. The summed E-state index contributed by atoms with van der Waals surface area (Å²) in [6.45, 7) is 5.55. The summed E-state index contributed by atoms with van der Waals surface area (Å²) >= 11 is 0. The molecule has 14 heavy (non-hydrogen) atoms. The lowest BCUT2D eigenvalue weighted by atomic mass is 10.0. The molecule has 0 atom stereocenters. The molecule has 1 heterocycles. The number of hydrogen-bond acceptors (Lipinski definition) is 4. The van der Waals surface area contributed by atoms with Crippen LogP contribution in [0.25, 0.3) is 0 Å². The van der Waals surface area contributed by atoms with E-state index in [1.165, 1.54) is 0 Å². The summed E-state index contributed by atoms with van der Waals surface area (Å²) in [7, 11) is 0. The van der Waals surface area contributed by atoms with Gasteiger partial charge in [-0.1, -0.05) is 0 Å². The molecular formula is C9H18N2O3. The smallest absolute Gasteiger partial charge is 0.409 e. The van der Waals surface area contributed by atoms with Crippen LogP contribution in [0.5, 0.6) is 0 Å². The van der Waals surface area contributed by atoms with Crippen molar-refractivity contribution in [2.24, 2.45) is 11.7 Å². The van der Waals surface area contributed by atoms with Gasteiger partial charge in [0.1, 0.15) is 0 Å². The van der Waals surface area contributed by atoms with Crippen LogP contribution >= 0.6 is 0 Å². The van der Waals surface area contributed by atoms with Crippen molar-refractivity contribution < 1.29 is 14.3 Å². The third-order valence-corrected chi connectivity index (χ3v) is 2.10. The zero-order chi connectivity index (χ0) is 10.4. The van der Waals surface area contributed by atoms with Crippen LogP contribution in [0.2, 0.25) is 0 Å². The number of carbonyl (C=O) groups excluding carboxylic acids is 1. The largest absolute Gasteiger partial charge is 0.450 e. The van der Waals surface area contributed by atoms with Crippen LogP contribution in [-0.4, -0.2) is 50.4 Å². The first-order valence-electron chi connectivity index (χ1n) is 4.97. The Kier molecular flexibility index (Phi) is 4.69. The van der Waals surface area contributed by atoms with Crippen LogP contribution in [-0.2, 0) is 9.47 Å². The molecule has 2 N–H and O–H groups in total. The van der Waals surface area contributed by atoms with Gasteiger partial charge in [0.25, 0.3) is 0 Å². The van der Waals surface area contributed by atoms with Gasteiger partial charge in [0.2, 0.25) is 0 Å². The molecule has 1 fully saturated rings. The topological polar surface area (TPSA) is 64.8 Å². The molecule has 1 aliphatic rings. The third-order valence-electron chi connectivity index (χ3n) is 2.10. The van der Waals surface area contributed by atoms with Crippen LogP contribution in [0, 0.1) is 5.92 Å². The van der Waals surface area contributed by atoms with E-state index in [-0.39, 0.29) is 6.09 Å². The summed E-state index contributed by atoms with van der Waals surface area (Å²) in [5.74, 6) is 0.450. The molecule has 82 valence electrons. The summed E-state index contributed by atoms with van der Waals surface area (Å²) in [5.41, 5.74) is 5.28. The van der Waals surface area contributed by atoms with Gasteiger partial charge < -0.3 is 20.1 Å². The van der Waals surface area contributed by atoms with E-state index in [0.29, 0.717) is 32.3 Å². The van der Waals surface area contributed by atoms with Crippen molar-refractivity contribution in [2.75, 3.05) is 39.5 Å². The highest BCUT2D eigenvalue weighted by Gasteiger charge is 2.31. The second-order valence-electron chi connectivity index (χ2n) is 3.33. The minimum atomic E-state index is -0.220. The number of carbonyl (C=O) groups is 1. The summed E-state index contributed by atoms with van der Waals surface area (Å²) in [4.78, 5) is 12.8. The van der Waals surface area contributed by atoms with E-state index in [4.69, 9.17) is 15.2 Å².